The maximum atomic E-state index is 11.5. The summed E-state index contributed by atoms with van der Waals surface area (Å²) in [5, 5.41) is 0. The first-order valence-electron chi connectivity index (χ1n) is 5.46. The van der Waals surface area contributed by atoms with Crippen LogP contribution in [-0.4, -0.2) is 36.6 Å². The lowest BCUT2D eigenvalue weighted by atomic mass is 10.1. The molecule has 0 bridgehead atoms. The van der Waals surface area contributed by atoms with Crippen LogP contribution in [0.5, 0.6) is 0 Å². The van der Waals surface area contributed by atoms with Crippen LogP contribution >= 0.6 is 0 Å². The van der Waals surface area contributed by atoms with E-state index >= 15 is 0 Å². The van der Waals surface area contributed by atoms with Gasteiger partial charge in [-0.05, 0) is 46.6 Å². The van der Waals surface area contributed by atoms with Crippen molar-refractivity contribution in [3.8, 4) is 0 Å². The number of likely N-dealkylation sites (N-methyl/N-ethyl adjacent to an activating group) is 1. The lowest BCUT2D eigenvalue weighted by Crippen LogP contribution is -2.43. The van der Waals surface area contributed by atoms with Crippen LogP contribution in [0.3, 0.4) is 0 Å². The first kappa shape index (κ1) is 11.5. The first-order valence-corrected chi connectivity index (χ1v) is 5.46. The van der Waals surface area contributed by atoms with Crippen molar-refractivity contribution in [2.24, 2.45) is 5.92 Å². The third-order valence-electron chi connectivity index (χ3n) is 3.19. The first-order chi connectivity index (χ1) is 6.57. The third kappa shape index (κ3) is 2.71. The predicted molar refractivity (Wildman–Crippen MR) is 56.0 cm³/mol. The summed E-state index contributed by atoms with van der Waals surface area (Å²) in [6.45, 7) is 6.41. The molecule has 0 radical (unpaired) electrons. The second-order valence-electron chi connectivity index (χ2n) is 4.17. The van der Waals surface area contributed by atoms with E-state index < -0.39 is 0 Å². The summed E-state index contributed by atoms with van der Waals surface area (Å²) in [6.07, 6.45) is 2.61. The molecule has 1 aliphatic rings. The lowest BCUT2D eigenvalue weighted by Gasteiger charge is -2.29. The van der Waals surface area contributed by atoms with Crippen LogP contribution in [0.15, 0.2) is 0 Å². The van der Waals surface area contributed by atoms with Gasteiger partial charge >= 0.3 is 5.97 Å². The monoisotopic (exact) mass is 199 g/mol. The van der Waals surface area contributed by atoms with Crippen LogP contribution in [0.4, 0.5) is 0 Å². The van der Waals surface area contributed by atoms with Crippen molar-refractivity contribution < 1.29 is 9.53 Å². The molecule has 0 aromatic heterocycles. The summed E-state index contributed by atoms with van der Waals surface area (Å²) in [5.74, 6) is 0.680. The average Bonchev–Trinajstić information content (AvgIpc) is 2.98. The summed E-state index contributed by atoms with van der Waals surface area (Å²) in [4.78, 5) is 13.6. The SMILES string of the molecule is CCOC(=O)C(C)N(C)C(C)C1CC1. The number of ether oxygens (including phenoxy) is 1. The Morgan fingerprint density at radius 1 is 1.50 bits per heavy atom. The van der Waals surface area contributed by atoms with Gasteiger partial charge in [-0.2, -0.15) is 0 Å². The molecule has 3 nitrogen and oxygen atoms in total. The molecule has 1 aliphatic carbocycles. The summed E-state index contributed by atoms with van der Waals surface area (Å²) >= 11 is 0. The number of carbonyl (C=O) groups excluding carboxylic acids is 1. The Morgan fingerprint density at radius 2 is 2.07 bits per heavy atom. The molecule has 1 saturated carbocycles. The summed E-state index contributed by atoms with van der Waals surface area (Å²) in [7, 11) is 2.00. The molecular weight excluding hydrogens is 178 g/mol. The average molecular weight is 199 g/mol. The molecule has 0 aromatic rings. The fourth-order valence-corrected chi connectivity index (χ4v) is 1.69. The minimum absolute atomic E-state index is 0.109. The molecule has 82 valence electrons. The molecule has 0 saturated heterocycles. The van der Waals surface area contributed by atoms with E-state index in [9.17, 15) is 4.79 Å². The Bertz CT molecular complexity index is 201. The van der Waals surface area contributed by atoms with E-state index in [1.807, 2.05) is 20.9 Å². The van der Waals surface area contributed by atoms with Gasteiger partial charge in [0.25, 0.3) is 0 Å². The van der Waals surface area contributed by atoms with Gasteiger partial charge in [-0.1, -0.05) is 0 Å². The van der Waals surface area contributed by atoms with Crippen LogP contribution in [-0.2, 0) is 9.53 Å². The van der Waals surface area contributed by atoms with Crippen molar-refractivity contribution >= 4 is 5.97 Å². The van der Waals surface area contributed by atoms with Crippen LogP contribution < -0.4 is 0 Å². The maximum Gasteiger partial charge on any atom is 0.323 e. The van der Waals surface area contributed by atoms with E-state index in [-0.39, 0.29) is 12.0 Å². The van der Waals surface area contributed by atoms with Gasteiger partial charge in [0.15, 0.2) is 0 Å². The second kappa shape index (κ2) is 4.78. The third-order valence-corrected chi connectivity index (χ3v) is 3.19. The fraction of sp³-hybridized carbons (Fsp3) is 0.909. The van der Waals surface area contributed by atoms with Gasteiger partial charge in [0, 0.05) is 6.04 Å². The van der Waals surface area contributed by atoms with Crippen molar-refractivity contribution in [1.29, 1.82) is 0 Å². The van der Waals surface area contributed by atoms with Gasteiger partial charge in [-0.15, -0.1) is 0 Å². The van der Waals surface area contributed by atoms with Gasteiger partial charge < -0.3 is 4.74 Å². The number of nitrogens with zero attached hydrogens (tertiary/aromatic N) is 1. The molecule has 0 aromatic carbocycles. The molecule has 14 heavy (non-hydrogen) atoms. The molecule has 1 rings (SSSR count). The summed E-state index contributed by atoms with van der Waals surface area (Å²) in [5.41, 5.74) is 0. The minimum Gasteiger partial charge on any atom is -0.465 e. The van der Waals surface area contributed by atoms with Crippen molar-refractivity contribution in [2.75, 3.05) is 13.7 Å². The van der Waals surface area contributed by atoms with Gasteiger partial charge in [0.05, 0.1) is 6.61 Å². The van der Waals surface area contributed by atoms with Crippen molar-refractivity contribution in [3.63, 3.8) is 0 Å². The van der Waals surface area contributed by atoms with E-state index in [1.165, 1.54) is 12.8 Å². The van der Waals surface area contributed by atoms with Crippen LogP contribution in [0.2, 0.25) is 0 Å². The Kier molecular flexibility index (Phi) is 3.93. The Balaban J connectivity index is 2.41. The number of rotatable bonds is 5. The largest absolute Gasteiger partial charge is 0.465 e. The quantitative estimate of drug-likeness (QED) is 0.631. The molecule has 1 fully saturated rings. The normalized spacial score (nSPS) is 20.6. The van der Waals surface area contributed by atoms with Crippen LogP contribution in [0.25, 0.3) is 0 Å². The summed E-state index contributed by atoms with van der Waals surface area (Å²) in [6, 6.07) is 0.375. The van der Waals surface area contributed by atoms with Gasteiger partial charge in [-0.3, -0.25) is 9.69 Å². The molecule has 0 aliphatic heterocycles. The topological polar surface area (TPSA) is 29.5 Å². The predicted octanol–water partition coefficient (Wildman–Crippen LogP) is 1.67. The number of carbonyl (C=O) groups is 1. The van der Waals surface area contributed by atoms with E-state index in [1.54, 1.807) is 0 Å². The molecule has 0 amide bonds. The highest BCUT2D eigenvalue weighted by atomic mass is 16.5. The molecule has 0 spiro atoms. The molecule has 2 atom stereocenters. The number of hydrogen-bond acceptors (Lipinski definition) is 3. The Morgan fingerprint density at radius 3 is 2.50 bits per heavy atom. The molecule has 3 heteroatoms. The van der Waals surface area contributed by atoms with E-state index in [0.29, 0.717) is 12.6 Å². The highest BCUT2D eigenvalue weighted by molar-refractivity contribution is 5.75. The molecular formula is C11H21NO2. The van der Waals surface area contributed by atoms with E-state index in [2.05, 4.69) is 11.8 Å². The number of hydrogen-bond donors (Lipinski definition) is 0. The zero-order valence-corrected chi connectivity index (χ0v) is 9.62. The smallest absolute Gasteiger partial charge is 0.323 e. The van der Waals surface area contributed by atoms with E-state index in [4.69, 9.17) is 4.74 Å². The fourth-order valence-electron chi connectivity index (χ4n) is 1.69. The van der Waals surface area contributed by atoms with Gasteiger partial charge in [-0.25, -0.2) is 0 Å². The van der Waals surface area contributed by atoms with E-state index in [0.717, 1.165) is 5.92 Å². The molecule has 0 N–H and O–H groups in total. The second-order valence-corrected chi connectivity index (χ2v) is 4.17. The Hall–Kier alpha value is -0.570. The molecule has 0 heterocycles. The summed E-state index contributed by atoms with van der Waals surface area (Å²) < 4.78 is 4.99. The zero-order chi connectivity index (χ0) is 10.7. The van der Waals surface area contributed by atoms with Crippen molar-refractivity contribution in [1.82, 2.24) is 4.90 Å². The standard InChI is InChI=1S/C11H21NO2/c1-5-14-11(13)9(3)12(4)8(2)10-6-7-10/h8-10H,5-7H2,1-4H3. The minimum atomic E-state index is -0.120. The van der Waals surface area contributed by atoms with Gasteiger partial charge in [0.1, 0.15) is 6.04 Å². The number of esters is 1. The van der Waals surface area contributed by atoms with Gasteiger partial charge in [0.2, 0.25) is 0 Å². The molecule has 2 unspecified atom stereocenters. The van der Waals surface area contributed by atoms with Crippen LogP contribution in [0, 0.1) is 5.92 Å². The zero-order valence-electron chi connectivity index (χ0n) is 9.62. The van der Waals surface area contributed by atoms with Crippen molar-refractivity contribution in [3.05, 3.63) is 0 Å². The van der Waals surface area contributed by atoms with Crippen LogP contribution in [0.1, 0.15) is 33.6 Å². The lowest BCUT2D eigenvalue weighted by molar-refractivity contribution is -0.149. The highest BCUT2D eigenvalue weighted by Gasteiger charge is 2.34. The maximum absolute atomic E-state index is 11.5. The van der Waals surface area contributed by atoms with Crippen molar-refractivity contribution in [2.45, 2.75) is 45.7 Å². The highest BCUT2D eigenvalue weighted by Crippen LogP contribution is 2.35. The Labute approximate surface area is 86.4 Å².